The van der Waals surface area contributed by atoms with E-state index in [0.29, 0.717) is 17.7 Å². The van der Waals surface area contributed by atoms with Crippen molar-refractivity contribution in [3.63, 3.8) is 0 Å². The molecule has 126 valence electrons. The highest BCUT2D eigenvalue weighted by Gasteiger charge is 2.13. The molecule has 0 radical (unpaired) electrons. The average Bonchev–Trinajstić information content (AvgIpc) is 2.51. The van der Waals surface area contributed by atoms with E-state index in [4.69, 9.17) is 4.74 Å². The first-order valence-corrected chi connectivity index (χ1v) is 7.65. The fraction of sp³-hybridized carbons (Fsp3) is 0.278. The van der Waals surface area contributed by atoms with E-state index in [0.717, 1.165) is 11.3 Å². The lowest BCUT2D eigenvalue weighted by molar-refractivity contribution is -0.385. The highest BCUT2D eigenvalue weighted by atomic mass is 16.6. The molecule has 0 saturated heterocycles. The second-order valence-electron chi connectivity index (χ2n) is 5.76. The molecule has 0 aliphatic heterocycles. The molecule has 1 amide bonds. The molecule has 0 saturated carbocycles. The molecule has 2 rings (SSSR count). The van der Waals surface area contributed by atoms with Gasteiger partial charge in [-0.1, -0.05) is 12.1 Å². The van der Waals surface area contributed by atoms with Gasteiger partial charge in [-0.25, -0.2) is 0 Å². The minimum Gasteiger partial charge on any atom is -0.491 e. The summed E-state index contributed by atoms with van der Waals surface area (Å²) in [6, 6.07) is 11.8. The molecule has 6 heteroatoms. The van der Waals surface area contributed by atoms with E-state index >= 15 is 0 Å². The number of hydrogen-bond donors (Lipinski definition) is 1. The van der Waals surface area contributed by atoms with Crippen LogP contribution in [-0.4, -0.2) is 16.9 Å². The second kappa shape index (κ2) is 7.59. The van der Waals surface area contributed by atoms with E-state index in [1.165, 1.54) is 18.2 Å². The normalized spacial score (nSPS) is 10.5. The third-order valence-corrected chi connectivity index (χ3v) is 3.38. The minimum atomic E-state index is -0.461. The van der Waals surface area contributed by atoms with Gasteiger partial charge in [-0.2, -0.15) is 0 Å². The molecule has 0 aromatic heterocycles. The molecule has 1 N–H and O–H groups in total. The number of amides is 1. The third kappa shape index (κ3) is 4.55. The summed E-state index contributed by atoms with van der Waals surface area (Å²) >= 11 is 0. The smallest absolute Gasteiger partial charge is 0.272 e. The molecular weight excluding hydrogens is 308 g/mol. The SMILES string of the molecule is Cc1cc(C(=O)NCc2cccc(OC(C)C)c2)ccc1[N+](=O)[O-]. The largest absolute Gasteiger partial charge is 0.491 e. The predicted molar refractivity (Wildman–Crippen MR) is 91.2 cm³/mol. The molecule has 0 atom stereocenters. The minimum absolute atomic E-state index is 0.00471. The van der Waals surface area contributed by atoms with Gasteiger partial charge in [-0.05, 0) is 50.6 Å². The van der Waals surface area contributed by atoms with E-state index < -0.39 is 4.92 Å². The van der Waals surface area contributed by atoms with Gasteiger partial charge in [-0.15, -0.1) is 0 Å². The lowest BCUT2D eigenvalue weighted by atomic mass is 10.1. The quantitative estimate of drug-likeness (QED) is 0.648. The van der Waals surface area contributed by atoms with Crippen LogP contribution in [-0.2, 0) is 6.54 Å². The van der Waals surface area contributed by atoms with Gasteiger partial charge in [0.1, 0.15) is 5.75 Å². The molecular formula is C18H20N2O4. The van der Waals surface area contributed by atoms with Gasteiger partial charge in [0, 0.05) is 23.7 Å². The van der Waals surface area contributed by atoms with Crippen LogP contribution in [0.4, 0.5) is 5.69 Å². The molecule has 0 aliphatic carbocycles. The summed E-state index contributed by atoms with van der Waals surface area (Å²) in [4.78, 5) is 22.6. The number of nitrogens with zero attached hydrogens (tertiary/aromatic N) is 1. The van der Waals surface area contributed by atoms with E-state index in [-0.39, 0.29) is 17.7 Å². The van der Waals surface area contributed by atoms with Gasteiger partial charge in [0.05, 0.1) is 11.0 Å². The van der Waals surface area contributed by atoms with Crippen LogP contribution in [0.2, 0.25) is 0 Å². The Morgan fingerprint density at radius 3 is 2.62 bits per heavy atom. The lowest BCUT2D eigenvalue weighted by Crippen LogP contribution is -2.23. The Morgan fingerprint density at radius 2 is 2.00 bits per heavy atom. The molecule has 0 unspecified atom stereocenters. The third-order valence-electron chi connectivity index (χ3n) is 3.38. The van der Waals surface area contributed by atoms with Crippen molar-refractivity contribution >= 4 is 11.6 Å². The molecule has 2 aromatic rings. The Bertz CT molecular complexity index is 756. The highest BCUT2D eigenvalue weighted by molar-refractivity contribution is 5.94. The van der Waals surface area contributed by atoms with Crippen molar-refractivity contribution in [2.24, 2.45) is 0 Å². The zero-order valence-corrected chi connectivity index (χ0v) is 13.9. The first-order chi connectivity index (χ1) is 11.4. The van der Waals surface area contributed by atoms with Crippen LogP contribution in [0.5, 0.6) is 5.75 Å². The molecule has 0 aliphatic rings. The number of ether oxygens (including phenoxy) is 1. The Kier molecular flexibility index (Phi) is 5.52. The monoisotopic (exact) mass is 328 g/mol. The summed E-state index contributed by atoms with van der Waals surface area (Å²) in [6.07, 6.45) is 0.0814. The van der Waals surface area contributed by atoms with Crippen LogP contribution >= 0.6 is 0 Å². The Balaban J connectivity index is 2.03. The van der Waals surface area contributed by atoms with Gasteiger partial charge >= 0.3 is 0 Å². The Morgan fingerprint density at radius 1 is 1.25 bits per heavy atom. The predicted octanol–water partition coefficient (Wildman–Crippen LogP) is 3.62. The van der Waals surface area contributed by atoms with Gasteiger partial charge in [0.25, 0.3) is 11.6 Å². The number of carbonyl (C=O) groups is 1. The zero-order valence-electron chi connectivity index (χ0n) is 13.9. The first kappa shape index (κ1) is 17.5. The summed E-state index contributed by atoms with van der Waals surface area (Å²) < 4.78 is 5.62. The standard InChI is InChI=1S/C18H20N2O4/c1-12(2)24-16-6-4-5-14(10-16)11-19-18(21)15-7-8-17(20(22)23)13(3)9-15/h4-10,12H,11H2,1-3H3,(H,19,21). The average molecular weight is 328 g/mol. The summed E-state index contributed by atoms with van der Waals surface area (Å²) in [5.74, 6) is 0.478. The van der Waals surface area contributed by atoms with Gasteiger partial charge in [-0.3, -0.25) is 14.9 Å². The fourth-order valence-electron chi connectivity index (χ4n) is 2.29. The molecule has 6 nitrogen and oxygen atoms in total. The summed E-state index contributed by atoms with van der Waals surface area (Å²) in [5.41, 5.74) is 1.78. The number of rotatable bonds is 6. The molecule has 0 heterocycles. The van der Waals surface area contributed by atoms with Crippen molar-refractivity contribution in [3.05, 3.63) is 69.3 Å². The molecule has 0 fully saturated rings. The van der Waals surface area contributed by atoms with Crippen molar-refractivity contribution in [2.75, 3.05) is 0 Å². The van der Waals surface area contributed by atoms with Crippen LogP contribution in [0.15, 0.2) is 42.5 Å². The summed E-state index contributed by atoms with van der Waals surface area (Å²) in [5, 5.41) is 13.6. The van der Waals surface area contributed by atoms with Gasteiger partial charge < -0.3 is 10.1 Å². The maximum absolute atomic E-state index is 12.2. The maximum atomic E-state index is 12.2. The van der Waals surface area contributed by atoms with Crippen LogP contribution in [0.1, 0.15) is 35.3 Å². The summed E-state index contributed by atoms with van der Waals surface area (Å²) in [7, 11) is 0. The number of carbonyl (C=O) groups excluding carboxylic acids is 1. The van der Waals surface area contributed by atoms with Crippen molar-refractivity contribution < 1.29 is 14.5 Å². The van der Waals surface area contributed by atoms with Crippen LogP contribution in [0.25, 0.3) is 0 Å². The van der Waals surface area contributed by atoms with Gasteiger partial charge in [0.15, 0.2) is 0 Å². The van der Waals surface area contributed by atoms with E-state index in [1.54, 1.807) is 6.92 Å². The number of nitro benzene ring substituents is 1. The lowest BCUT2D eigenvalue weighted by Gasteiger charge is -2.11. The molecule has 24 heavy (non-hydrogen) atoms. The van der Waals surface area contributed by atoms with Crippen molar-refractivity contribution in [1.29, 1.82) is 0 Å². The number of nitrogens with one attached hydrogen (secondary N) is 1. The molecule has 2 aromatic carbocycles. The van der Waals surface area contributed by atoms with Crippen molar-refractivity contribution in [3.8, 4) is 5.75 Å². The Hall–Kier alpha value is -2.89. The van der Waals surface area contributed by atoms with Crippen LogP contribution in [0.3, 0.4) is 0 Å². The summed E-state index contributed by atoms with van der Waals surface area (Å²) in [6.45, 7) is 5.86. The van der Waals surface area contributed by atoms with E-state index in [1.807, 2.05) is 38.1 Å². The number of nitro groups is 1. The highest BCUT2D eigenvalue weighted by Crippen LogP contribution is 2.19. The van der Waals surface area contributed by atoms with Gasteiger partial charge in [0.2, 0.25) is 0 Å². The number of hydrogen-bond acceptors (Lipinski definition) is 4. The zero-order chi connectivity index (χ0) is 17.7. The Labute approximate surface area is 140 Å². The topological polar surface area (TPSA) is 81.5 Å². The second-order valence-corrected chi connectivity index (χ2v) is 5.76. The number of aryl methyl sites for hydroxylation is 1. The van der Waals surface area contributed by atoms with E-state index in [9.17, 15) is 14.9 Å². The molecule has 0 spiro atoms. The van der Waals surface area contributed by atoms with Crippen LogP contribution in [0, 0.1) is 17.0 Å². The van der Waals surface area contributed by atoms with E-state index in [2.05, 4.69) is 5.32 Å². The molecule has 0 bridgehead atoms. The number of benzene rings is 2. The van der Waals surface area contributed by atoms with Crippen molar-refractivity contribution in [2.45, 2.75) is 33.4 Å². The van der Waals surface area contributed by atoms with Crippen LogP contribution < -0.4 is 10.1 Å². The first-order valence-electron chi connectivity index (χ1n) is 7.65. The fourth-order valence-corrected chi connectivity index (χ4v) is 2.29. The van der Waals surface area contributed by atoms with Crippen molar-refractivity contribution in [1.82, 2.24) is 5.32 Å². The maximum Gasteiger partial charge on any atom is 0.272 e.